The molecule has 1 aromatic heterocycles. The predicted molar refractivity (Wildman–Crippen MR) is 72.4 cm³/mol. The van der Waals surface area contributed by atoms with Crippen LogP contribution in [0.15, 0.2) is 36.9 Å². The second kappa shape index (κ2) is 6.10. The maximum atomic E-state index is 11.7. The van der Waals surface area contributed by atoms with Gasteiger partial charge in [0.05, 0.1) is 6.54 Å². The fourth-order valence-corrected chi connectivity index (χ4v) is 1.57. The van der Waals surface area contributed by atoms with E-state index in [1.165, 1.54) is 6.33 Å². The first-order valence-electron chi connectivity index (χ1n) is 6.11. The number of hydrogen-bond acceptors (Lipinski definition) is 4. The number of amides is 1. The third-order valence-corrected chi connectivity index (χ3v) is 2.83. The van der Waals surface area contributed by atoms with E-state index in [0.29, 0.717) is 13.1 Å². The highest BCUT2D eigenvalue weighted by Gasteiger charge is 2.10. The summed E-state index contributed by atoms with van der Waals surface area (Å²) in [7, 11) is 0. The Labute approximate surface area is 111 Å². The number of nitrogens with zero attached hydrogens (tertiary/aromatic N) is 3. The molecule has 2 aromatic rings. The van der Waals surface area contributed by atoms with Gasteiger partial charge in [0.2, 0.25) is 5.91 Å². The van der Waals surface area contributed by atoms with Crippen molar-refractivity contribution < 1.29 is 4.79 Å². The van der Waals surface area contributed by atoms with Crippen molar-refractivity contribution in [2.24, 2.45) is 11.7 Å². The van der Waals surface area contributed by atoms with Gasteiger partial charge in [0, 0.05) is 18.2 Å². The topological polar surface area (TPSA) is 85.8 Å². The van der Waals surface area contributed by atoms with Crippen molar-refractivity contribution in [2.45, 2.75) is 13.5 Å². The molecule has 1 unspecified atom stereocenters. The van der Waals surface area contributed by atoms with E-state index in [9.17, 15) is 4.79 Å². The summed E-state index contributed by atoms with van der Waals surface area (Å²) in [5, 5.41) is 6.86. The summed E-state index contributed by atoms with van der Waals surface area (Å²) in [5.74, 6) is -0.249. The SMILES string of the molecule is CC(CN)C(=O)Nc1ccc(Cn2cncn2)cc1. The molecule has 1 aromatic carbocycles. The van der Waals surface area contributed by atoms with Crippen LogP contribution in [-0.2, 0) is 11.3 Å². The first kappa shape index (κ1) is 13.2. The first-order chi connectivity index (χ1) is 9.19. The standard InChI is InChI=1S/C13H17N5O/c1-10(6-14)13(19)17-12-4-2-11(3-5-12)7-18-9-15-8-16-18/h2-5,8-10H,6-7,14H2,1H3,(H,17,19). The van der Waals surface area contributed by atoms with Crippen molar-refractivity contribution >= 4 is 11.6 Å². The number of nitrogens with two attached hydrogens (primary N) is 1. The third kappa shape index (κ3) is 3.62. The lowest BCUT2D eigenvalue weighted by molar-refractivity contribution is -0.119. The fraction of sp³-hybridized carbons (Fsp3) is 0.308. The Bertz CT molecular complexity index is 520. The van der Waals surface area contributed by atoms with Crippen LogP contribution >= 0.6 is 0 Å². The lowest BCUT2D eigenvalue weighted by Gasteiger charge is -2.10. The lowest BCUT2D eigenvalue weighted by Crippen LogP contribution is -2.26. The van der Waals surface area contributed by atoms with Gasteiger partial charge in [-0.15, -0.1) is 0 Å². The van der Waals surface area contributed by atoms with E-state index in [2.05, 4.69) is 15.4 Å². The maximum absolute atomic E-state index is 11.7. The molecule has 1 amide bonds. The maximum Gasteiger partial charge on any atom is 0.228 e. The van der Waals surface area contributed by atoms with Gasteiger partial charge in [-0.25, -0.2) is 9.67 Å². The van der Waals surface area contributed by atoms with E-state index in [1.54, 1.807) is 17.9 Å². The number of aromatic nitrogens is 3. The van der Waals surface area contributed by atoms with Gasteiger partial charge in [-0.05, 0) is 17.7 Å². The molecule has 1 heterocycles. The van der Waals surface area contributed by atoms with Crippen LogP contribution in [0.2, 0.25) is 0 Å². The largest absolute Gasteiger partial charge is 0.330 e. The molecule has 1 atom stereocenters. The van der Waals surface area contributed by atoms with Crippen LogP contribution in [0.5, 0.6) is 0 Å². The van der Waals surface area contributed by atoms with Crippen molar-refractivity contribution in [1.82, 2.24) is 14.8 Å². The summed E-state index contributed by atoms with van der Waals surface area (Å²) in [6.07, 6.45) is 3.17. The number of nitrogens with one attached hydrogen (secondary N) is 1. The zero-order chi connectivity index (χ0) is 13.7. The van der Waals surface area contributed by atoms with Gasteiger partial charge in [0.1, 0.15) is 12.7 Å². The fourth-order valence-electron chi connectivity index (χ4n) is 1.57. The van der Waals surface area contributed by atoms with Crippen LogP contribution in [0.4, 0.5) is 5.69 Å². The van der Waals surface area contributed by atoms with E-state index in [-0.39, 0.29) is 11.8 Å². The number of carbonyl (C=O) groups excluding carboxylic acids is 1. The summed E-state index contributed by atoms with van der Waals surface area (Å²) < 4.78 is 1.74. The van der Waals surface area contributed by atoms with Crippen molar-refractivity contribution in [3.63, 3.8) is 0 Å². The molecule has 0 saturated carbocycles. The molecule has 0 fully saturated rings. The smallest absolute Gasteiger partial charge is 0.228 e. The summed E-state index contributed by atoms with van der Waals surface area (Å²) in [6.45, 7) is 2.80. The molecule has 0 saturated heterocycles. The molecule has 6 heteroatoms. The zero-order valence-electron chi connectivity index (χ0n) is 10.8. The van der Waals surface area contributed by atoms with E-state index in [0.717, 1.165) is 11.3 Å². The first-order valence-corrected chi connectivity index (χ1v) is 6.11. The van der Waals surface area contributed by atoms with Gasteiger partial charge >= 0.3 is 0 Å². The third-order valence-electron chi connectivity index (χ3n) is 2.83. The molecule has 0 radical (unpaired) electrons. The number of rotatable bonds is 5. The van der Waals surface area contributed by atoms with Crippen LogP contribution in [0.1, 0.15) is 12.5 Å². The zero-order valence-corrected chi connectivity index (χ0v) is 10.8. The highest BCUT2D eigenvalue weighted by Crippen LogP contribution is 2.11. The highest BCUT2D eigenvalue weighted by molar-refractivity contribution is 5.92. The molecule has 2 rings (SSSR count). The minimum absolute atomic E-state index is 0.0634. The molecule has 0 bridgehead atoms. The second-order valence-electron chi connectivity index (χ2n) is 4.42. The Hall–Kier alpha value is -2.21. The van der Waals surface area contributed by atoms with Crippen LogP contribution in [0, 0.1) is 5.92 Å². The Morgan fingerprint density at radius 2 is 2.16 bits per heavy atom. The van der Waals surface area contributed by atoms with Gasteiger partial charge < -0.3 is 11.1 Å². The molecule has 3 N–H and O–H groups in total. The van der Waals surface area contributed by atoms with Crippen molar-refractivity contribution in [3.05, 3.63) is 42.5 Å². The van der Waals surface area contributed by atoms with Crippen LogP contribution in [-0.4, -0.2) is 27.2 Å². The van der Waals surface area contributed by atoms with Crippen molar-refractivity contribution in [1.29, 1.82) is 0 Å². The molecule has 0 aliphatic rings. The average molecular weight is 259 g/mol. The van der Waals surface area contributed by atoms with Gasteiger partial charge in [0.15, 0.2) is 0 Å². The van der Waals surface area contributed by atoms with Gasteiger partial charge in [-0.1, -0.05) is 19.1 Å². The van der Waals surface area contributed by atoms with Crippen molar-refractivity contribution in [3.8, 4) is 0 Å². The molecular formula is C13H17N5O. The minimum atomic E-state index is -0.185. The highest BCUT2D eigenvalue weighted by atomic mass is 16.1. The molecule has 0 aliphatic carbocycles. The van der Waals surface area contributed by atoms with Gasteiger partial charge in [-0.3, -0.25) is 4.79 Å². The average Bonchev–Trinajstić information content (AvgIpc) is 2.93. The number of hydrogen-bond donors (Lipinski definition) is 2. The summed E-state index contributed by atoms with van der Waals surface area (Å²) in [4.78, 5) is 15.6. The summed E-state index contributed by atoms with van der Waals surface area (Å²) in [5.41, 5.74) is 7.31. The van der Waals surface area contributed by atoms with Gasteiger partial charge in [0.25, 0.3) is 0 Å². The normalized spacial score (nSPS) is 12.1. The second-order valence-corrected chi connectivity index (χ2v) is 4.42. The van der Waals surface area contributed by atoms with Crippen LogP contribution < -0.4 is 11.1 Å². The molecule has 100 valence electrons. The Balaban J connectivity index is 1.96. The number of anilines is 1. The predicted octanol–water partition coefficient (Wildman–Crippen LogP) is 0.860. The lowest BCUT2D eigenvalue weighted by atomic mass is 10.1. The monoisotopic (exact) mass is 259 g/mol. The van der Waals surface area contributed by atoms with E-state index >= 15 is 0 Å². The molecule has 6 nitrogen and oxygen atoms in total. The number of carbonyl (C=O) groups is 1. The number of benzene rings is 1. The van der Waals surface area contributed by atoms with E-state index < -0.39 is 0 Å². The van der Waals surface area contributed by atoms with E-state index in [4.69, 9.17) is 5.73 Å². The van der Waals surface area contributed by atoms with E-state index in [1.807, 2.05) is 24.3 Å². The van der Waals surface area contributed by atoms with Crippen molar-refractivity contribution in [2.75, 3.05) is 11.9 Å². The Morgan fingerprint density at radius 3 is 2.74 bits per heavy atom. The summed E-state index contributed by atoms with van der Waals surface area (Å²) in [6, 6.07) is 7.63. The molecule has 19 heavy (non-hydrogen) atoms. The minimum Gasteiger partial charge on any atom is -0.330 e. The van der Waals surface area contributed by atoms with Crippen LogP contribution in [0.3, 0.4) is 0 Å². The molecule has 0 spiro atoms. The molecule has 0 aliphatic heterocycles. The van der Waals surface area contributed by atoms with Crippen LogP contribution in [0.25, 0.3) is 0 Å². The quantitative estimate of drug-likeness (QED) is 0.834. The molecular weight excluding hydrogens is 242 g/mol. The van der Waals surface area contributed by atoms with Gasteiger partial charge in [-0.2, -0.15) is 5.10 Å². The Kier molecular flexibility index (Phi) is 4.25. The Morgan fingerprint density at radius 1 is 1.42 bits per heavy atom. The summed E-state index contributed by atoms with van der Waals surface area (Å²) >= 11 is 0.